The van der Waals surface area contributed by atoms with Crippen LogP contribution in [0.3, 0.4) is 0 Å². The topological polar surface area (TPSA) is 21.3 Å². The van der Waals surface area contributed by atoms with E-state index in [1.54, 1.807) is 0 Å². The summed E-state index contributed by atoms with van der Waals surface area (Å²) in [5, 5.41) is 3.47. The summed E-state index contributed by atoms with van der Waals surface area (Å²) < 4.78 is 6.29. The van der Waals surface area contributed by atoms with E-state index >= 15 is 0 Å². The molecule has 2 rings (SSSR count). The van der Waals surface area contributed by atoms with Crippen molar-refractivity contribution < 1.29 is 4.43 Å². The molecule has 1 heterocycles. The van der Waals surface area contributed by atoms with E-state index < -0.39 is 9.04 Å². The molecule has 1 aliphatic carbocycles. The lowest BCUT2D eigenvalue weighted by atomic mass is 9.85. The highest BCUT2D eigenvalue weighted by molar-refractivity contribution is 6.48. The molecule has 4 atom stereocenters. The van der Waals surface area contributed by atoms with Gasteiger partial charge >= 0.3 is 0 Å². The summed E-state index contributed by atoms with van der Waals surface area (Å²) in [6.07, 6.45) is 0.501. The third-order valence-corrected chi connectivity index (χ3v) is 4.62. The lowest BCUT2D eigenvalue weighted by Crippen LogP contribution is -2.37. The SMILES string of the molecule is C[SiH](C)OC([C@H]1[C@@H]2CNC[C@@H]21)C(C)(C)C. The number of rotatable bonds is 3. The smallest absolute Gasteiger partial charge is 0.171 e. The minimum atomic E-state index is -0.906. The minimum Gasteiger partial charge on any atom is -0.417 e. The van der Waals surface area contributed by atoms with Crippen molar-refractivity contribution in [2.45, 2.75) is 40.0 Å². The molecule has 3 heteroatoms. The van der Waals surface area contributed by atoms with Gasteiger partial charge < -0.3 is 9.74 Å². The van der Waals surface area contributed by atoms with Gasteiger partial charge in [-0.3, -0.25) is 0 Å². The zero-order valence-corrected chi connectivity index (χ0v) is 11.9. The highest BCUT2D eigenvalue weighted by Gasteiger charge is 2.58. The fourth-order valence-corrected chi connectivity index (χ4v) is 4.26. The van der Waals surface area contributed by atoms with Gasteiger partial charge in [-0.1, -0.05) is 20.8 Å². The Kier molecular flexibility index (Phi) is 2.99. The molecular formula is C12H25NOSi. The Labute approximate surface area is 95.5 Å². The number of piperidine rings is 1. The van der Waals surface area contributed by atoms with Crippen LogP contribution < -0.4 is 5.32 Å². The Morgan fingerprint density at radius 3 is 2.13 bits per heavy atom. The van der Waals surface area contributed by atoms with Crippen molar-refractivity contribution >= 4 is 9.04 Å². The number of hydrogen-bond acceptors (Lipinski definition) is 2. The average Bonchev–Trinajstić information content (AvgIpc) is 2.56. The van der Waals surface area contributed by atoms with Gasteiger partial charge in [0, 0.05) is 0 Å². The van der Waals surface area contributed by atoms with E-state index in [0.29, 0.717) is 11.5 Å². The second-order valence-corrected chi connectivity index (χ2v) is 8.90. The normalized spacial score (nSPS) is 36.8. The first kappa shape index (κ1) is 11.6. The van der Waals surface area contributed by atoms with Crippen LogP contribution in [0.4, 0.5) is 0 Å². The van der Waals surface area contributed by atoms with Crippen LogP contribution in [0.5, 0.6) is 0 Å². The van der Waals surface area contributed by atoms with Crippen LogP contribution in [0, 0.1) is 23.2 Å². The molecule has 2 nitrogen and oxygen atoms in total. The van der Waals surface area contributed by atoms with Crippen molar-refractivity contribution in [3.8, 4) is 0 Å². The third kappa shape index (κ3) is 2.29. The number of hydrogen-bond donors (Lipinski definition) is 1. The standard InChI is InChI=1S/C12H25NOSi/c1-12(2,3)11(14-15(4)5)10-8-6-13-7-9(8)10/h8-11,13,15H,6-7H2,1-5H3/t8-,9+,10+,11?. The van der Waals surface area contributed by atoms with Gasteiger partial charge in [-0.2, -0.15) is 0 Å². The van der Waals surface area contributed by atoms with Gasteiger partial charge in [0.15, 0.2) is 9.04 Å². The van der Waals surface area contributed by atoms with Gasteiger partial charge in [0.25, 0.3) is 0 Å². The highest BCUT2D eigenvalue weighted by atomic mass is 28.3. The second kappa shape index (κ2) is 3.86. The maximum Gasteiger partial charge on any atom is 0.171 e. The molecule has 15 heavy (non-hydrogen) atoms. The van der Waals surface area contributed by atoms with E-state index in [-0.39, 0.29) is 0 Å². The van der Waals surface area contributed by atoms with E-state index in [9.17, 15) is 0 Å². The molecule has 1 saturated carbocycles. The fraction of sp³-hybridized carbons (Fsp3) is 1.00. The molecule has 0 radical (unpaired) electrons. The van der Waals surface area contributed by atoms with E-state index in [0.717, 1.165) is 17.8 Å². The summed E-state index contributed by atoms with van der Waals surface area (Å²) in [6.45, 7) is 14.0. The second-order valence-electron chi connectivity index (χ2n) is 6.53. The van der Waals surface area contributed by atoms with Gasteiger partial charge in [0.1, 0.15) is 0 Å². The largest absolute Gasteiger partial charge is 0.417 e. The molecular weight excluding hydrogens is 202 g/mol. The molecule has 88 valence electrons. The molecule has 0 aromatic rings. The van der Waals surface area contributed by atoms with E-state index in [1.165, 1.54) is 13.1 Å². The van der Waals surface area contributed by atoms with E-state index in [2.05, 4.69) is 39.2 Å². The summed E-state index contributed by atoms with van der Waals surface area (Å²) in [4.78, 5) is 0. The molecule has 1 aliphatic heterocycles. The van der Waals surface area contributed by atoms with Crippen LogP contribution in [0.2, 0.25) is 13.1 Å². The van der Waals surface area contributed by atoms with Gasteiger partial charge in [-0.25, -0.2) is 0 Å². The van der Waals surface area contributed by atoms with Gasteiger partial charge in [-0.15, -0.1) is 0 Å². The molecule has 0 bridgehead atoms. The molecule has 2 aliphatic rings. The molecule has 1 saturated heterocycles. The first-order chi connectivity index (χ1) is 6.91. The zero-order valence-electron chi connectivity index (χ0n) is 10.7. The predicted molar refractivity (Wildman–Crippen MR) is 66.5 cm³/mol. The molecule has 0 aromatic carbocycles. The van der Waals surface area contributed by atoms with Crippen molar-refractivity contribution in [1.29, 1.82) is 0 Å². The Bertz CT molecular complexity index is 226. The molecule has 2 fully saturated rings. The summed E-state index contributed by atoms with van der Waals surface area (Å²) in [6, 6.07) is 0. The van der Waals surface area contributed by atoms with Crippen LogP contribution in [-0.2, 0) is 4.43 Å². The Morgan fingerprint density at radius 1 is 1.20 bits per heavy atom. The molecule has 0 spiro atoms. The quantitative estimate of drug-likeness (QED) is 0.743. The van der Waals surface area contributed by atoms with Crippen molar-refractivity contribution in [2.24, 2.45) is 23.2 Å². The number of nitrogens with one attached hydrogen (secondary N) is 1. The molecule has 1 N–H and O–H groups in total. The summed E-state index contributed by atoms with van der Waals surface area (Å²) in [5.74, 6) is 2.69. The monoisotopic (exact) mass is 227 g/mol. The molecule has 0 aromatic heterocycles. The predicted octanol–water partition coefficient (Wildman–Crippen LogP) is 1.87. The minimum absolute atomic E-state index is 0.312. The van der Waals surface area contributed by atoms with Crippen molar-refractivity contribution in [3.05, 3.63) is 0 Å². The lowest BCUT2D eigenvalue weighted by molar-refractivity contribution is 0.0560. The van der Waals surface area contributed by atoms with Gasteiger partial charge in [0.05, 0.1) is 6.10 Å². The van der Waals surface area contributed by atoms with Gasteiger partial charge in [-0.05, 0) is 49.4 Å². The Morgan fingerprint density at radius 2 is 1.73 bits per heavy atom. The first-order valence-electron chi connectivity index (χ1n) is 6.27. The zero-order chi connectivity index (χ0) is 11.2. The summed E-state index contributed by atoms with van der Waals surface area (Å²) in [5.41, 5.74) is 0.312. The maximum absolute atomic E-state index is 6.29. The van der Waals surface area contributed by atoms with Crippen LogP contribution >= 0.6 is 0 Å². The number of fused-ring (bicyclic) bond motifs is 1. The fourth-order valence-electron chi connectivity index (χ4n) is 3.08. The Hall–Kier alpha value is 0.137. The van der Waals surface area contributed by atoms with Crippen molar-refractivity contribution in [2.75, 3.05) is 13.1 Å². The molecule has 0 amide bonds. The average molecular weight is 227 g/mol. The summed E-state index contributed by atoms with van der Waals surface area (Å²) in [7, 11) is -0.906. The first-order valence-corrected chi connectivity index (χ1v) is 9.05. The van der Waals surface area contributed by atoms with E-state index in [1.807, 2.05) is 0 Å². The van der Waals surface area contributed by atoms with Gasteiger partial charge in [0.2, 0.25) is 0 Å². The van der Waals surface area contributed by atoms with Crippen molar-refractivity contribution in [3.63, 3.8) is 0 Å². The van der Waals surface area contributed by atoms with Crippen LogP contribution in [0.25, 0.3) is 0 Å². The lowest BCUT2D eigenvalue weighted by Gasteiger charge is -2.34. The maximum atomic E-state index is 6.29. The highest BCUT2D eigenvalue weighted by Crippen LogP contribution is 2.55. The van der Waals surface area contributed by atoms with Crippen LogP contribution in [0.15, 0.2) is 0 Å². The molecule has 1 unspecified atom stereocenters. The Balaban J connectivity index is 2.01. The summed E-state index contributed by atoms with van der Waals surface area (Å²) >= 11 is 0. The third-order valence-electron chi connectivity index (χ3n) is 3.78. The van der Waals surface area contributed by atoms with E-state index in [4.69, 9.17) is 4.43 Å². The van der Waals surface area contributed by atoms with Crippen molar-refractivity contribution in [1.82, 2.24) is 5.32 Å². The van der Waals surface area contributed by atoms with Crippen LogP contribution in [-0.4, -0.2) is 28.2 Å². The van der Waals surface area contributed by atoms with Crippen LogP contribution in [0.1, 0.15) is 20.8 Å².